The maximum atomic E-state index is 13.9. The van der Waals surface area contributed by atoms with Crippen LogP contribution in [0.25, 0.3) is 0 Å². The topological polar surface area (TPSA) is 145 Å². The van der Waals surface area contributed by atoms with Gasteiger partial charge in [0.05, 0.1) is 38.1 Å². The molecular formula is C32H30ClFN4O8S. The summed E-state index contributed by atoms with van der Waals surface area (Å²) < 4.78 is 63.0. The van der Waals surface area contributed by atoms with E-state index in [1.54, 1.807) is 24.3 Å². The van der Waals surface area contributed by atoms with E-state index in [1.807, 2.05) is 0 Å². The summed E-state index contributed by atoms with van der Waals surface area (Å²) in [6.45, 7) is -0.960. The Morgan fingerprint density at radius 3 is 2.17 bits per heavy atom. The molecule has 0 saturated heterocycles. The molecule has 0 aliphatic heterocycles. The lowest BCUT2D eigenvalue weighted by molar-refractivity contribution is -0.119. The molecule has 0 fully saturated rings. The Labute approximate surface area is 275 Å². The zero-order chi connectivity index (χ0) is 34.0. The minimum absolute atomic E-state index is 0.0239. The number of sulfonamides is 1. The Morgan fingerprint density at radius 2 is 1.51 bits per heavy atom. The van der Waals surface area contributed by atoms with Crippen molar-refractivity contribution in [3.8, 4) is 23.0 Å². The van der Waals surface area contributed by atoms with Crippen LogP contribution in [0.3, 0.4) is 0 Å². The summed E-state index contributed by atoms with van der Waals surface area (Å²) in [5, 5.41) is 6.75. The number of nitrogens with zero attached hydrogens (tertiary/aromatic N) is 2. The molecule has 0 spiro atoms. The highest BCUT2D eigenvalue weighted by Gasteiger charge is 2.30. The summed E-state index contributed by atoms with van der Waals surface area (Å²) in [5.74, 6) is -0.566. The number of amides is 2. The molecule has 0 heterocycles. The fourth-order valence-electron chi connectivity index (χ4n) is 4.14. The number of carbonyl (C=O) groups excluding carboxylic acids is 2. The quantitative estimate of drug-likeness (QED) is 0.141. The van der Waals surface area contributed by atoms with Crippen molar-refractivity contribution in [3.05, 3.63) is 101 Å². The maximum absolute atomic E-state index is 13.9. The average Bonchev–Trinajstić information content (AvgIpc) is 3.07. The molecule has 15 heteroatoms. The Hall–Kier alpha value is -5.34. The third-order valence-corrected chi connectivity index (χ3v) is 8.41. The van der Waals surface area contributed by atoms with Gasteiger partial charge in [0.2, 0.25) is 0 Å². The molecule has 2 amide bonds. The van der Waals surface area contributed by atoms with Crippen molar-refractivity contribution in [1.82, 2.24) is 5.43 Å². The van der Waals surface area contributed by atoms with E-state index in [1.165, 1.54) is 88.2 Å². The molecule has 4 rings (SSSR count). The van der Waals surface area contributed by atoms with Gasteiger partial charge in [0.1, 0.15) is 23.9 Å². The Bertz CT molecular complexity index is 1860. The zero-order valence-electron chi connectivity index (χ0n) is 25.4. The molecule has 0 atom stereocenters. The summed E-state index contributed by atoms with van der Waals surface area (Å²) in [6, 6.07) is 20.2. The molecule has 2 N–H and O–H groups in total. The molecule has 0 bridgehead atoms. The van der Waals surface area contributed by atoms with Gasteiger partial charge in [0.25, 0.3) is 21.8 Å². The van der Waals surface area contributed by atoms with Gasteiger partial charge in [-0.05, 0) is 84.4 Å². The molecule has 0 aliphatic carbocycles. The number of halogens is 2. The summed E-state index contributed by atoms with van der Waals surface area (Å²) in [4.78, 5) is 25.0. The molecule has 0 unspecified atom stereocenters. The number of benzene rings is 4. The van der Waals surface area contributed by atoms with Crippen molar-refractivity contribution in [2.45, 2.75) is 4.90 Å². The molecular weight excluding hydrogens is 655 g/mol. The zero-order valence-corrected chi connectivity index (χ0v) is 27.0. The summed E-state index contributed by atoms with van der Waals surface area (Å²) in [6.07, 6.45) is 1.34. The van der Waals surface area contributed by atoms with E-state index in [-0.39, 0.29) is 33.7 Å². The summed E-state index contributed by atoms with van der Waals surface area (Å²) in [7, 11) is -0.234. The number of nitrogens with one attached hydrogen (secondary N) is 2. The lowest BCUT2D eigenvalue weighted by Gasteiger charge is -2.25. The van der Waals surface area contributed by atoms with Crippen LogP contribution in [0.15, 0.2) is 94.9 Å². The Balaban J connectivity index is 1.44. The van der Waals surface area contributed by atoms with Gasteiger partial charge in [-0.2, -0.15) is 5.10 Å². The standard InChI is InChI=1S/C32H30ClFN4O8S/c1-43-28-14-6-22(33)16-27(28)38(47(41,42)26-13-15-29(44-2)30(17-26)45-3)19-31(39)37-35-18-21-4-11-25(12-5-21)46-20-32(40)36-24-9-7-23(34)8-10-24/h4-18H,19-20H2,1-3H3,(H,36,40)(H,37,39)/b35-18-. The van der Waals surface area contributed by atoms with Crippen molar-refractivity contribution < 1.29 is 41.3 Å². The van der Waals surface area contributed by atoms with Crippen molar-refractivity contribution >= 4 is 51.0 Å². The van der Waals surface area contributed by atoms with Gasteiger partial charge in [0, 0.05) is 16.8 Å². The van der Waals surface area contributed by atoms with Gasteiger partial charge >= 0.3 is 0 Å². The highest BCUT2D eigenvalue weighted by molar-refractivity contribution is 7.92. The molecule has 0 radical (unpaired) electrons. The van der Waals surface area contributed by atoms with Gasteiger partial charge in [-0.1, -0.05) is 11.6 Å². The van der Waals surface area contributed by atoms with Crippen LogP contribution in [-0.4, -0.2) is 60.9 Å². The van der Waals surface area contributed by atoms with Crippen LogP contribution in [0.5, 0.6) is 23.0 Å². The summed E-state index contributed by atoms with van der Waals surface area (Å²) >= 11 is 6.20. The minimum Gasteiger partial charge on any atom is -0.495 e. The van der Waals surface area contributed by atoms with Gasteiger partial charge in [0.15, 0.2) is 18.1 Å². The molecule has 12 nitrogen and oxygen atoms in total. The van der Waals surface area contributed by atoms with Crippen LogP contribution in [0.4, 0.5) is 15.8 Å². The number of hydrazone groups is 1. The van der Waals surface area contributed by atoms with E-state index >= 15 is 0 Å². The first-order valence-corrected chi connectivity index (χ1v) is 15.5. The smallest absolute Gasteiger partial charge is 0.265 e. The molecule has 0 aliphatic rings. The fraction of sp³-hybridized carbons (Fsp3) is 0.156. The second kappa shape index (κ2) is 15.8. The van der Waals surface area contributed by atoms with Crippen LogP contribution in [-0.2, 0) is 19.6 Å². The maximum Gasteiger partial charge on any atom is 0.265 e. The van der Waals surface area contributed by atoms with E-state index in [0.717, 1.165) is 4.31 Å². The number of carbonyl (C=O) groups is 2. The van der Waals surface area contributed by atoms with E-state index in [0.29, 0.717) is 22.7 Å². The van der Waals surface area contributed by atoms with E-state index in [2.05, 4.69) is 15.8 Å². The van der Waals surface area contributed by atoms with E-state index in [9.17, 15) is 22.4 Å². The molecule has 47 heavy (non-hydrogen) atoms. The Morgan fingerprint density at radius 1 is 0.851 bits per heavy atom. The van der Waals surface area contributed by atoms with Gasteiger partial charge in [-0.25, -0.2) is 18.2 Å². The van der Waals surface area contributed by atoms with Crippen LogP contribution >= 0.6 is 11.6 Å². The first kappa shape index (κ1) is 34.5. The number of ether oxygens (including phenoxy) is 4. The lowest BCUT2D eigenvalue weighted by atomic mass is 10.2. The highest BCUT2D eigenvalue weighted by Crippen LogP contribution is 2.37. The second-order valence-corrected chi connectivity index (χ2v) is 11.8. The highest BCUT2D eigenvalue weighted by atomic mass is 35.5. The first-order valence-electron chi connectivity index (χ1n) is 13.7. The lowest BCUT2D eigenvalue weighted by Crippen LogP contribution is -2.39. The van der Waals surface area contributed by atoms with Crippen LogP contribution in [0.2, 0.25) is 5.02 Å². The van der Waals surface area contributed by atoms with Crippen LogP contribution in [0.1, 0.15) is 5.56 Å². The molecule has 4 aromatic rings. The number of anilines is 2. The largest absolute Gasteiger partial charge is 0.495 e. The third-order valence-electron chi connectivity index (χ3n) is 6.42. The van der Waals surface area contributed by atoms with E-state index in [4.69, 9.17) is 30.5 Å². The molecule has 4 aromatic carbocycles. The SMILES string of the molecule is COc1ccc(S(=O)(=O)N(CC(=O)N/N=C\c2ccc(OCC(=O)Nc3ccc(F)cc3)cc2)c2cc(Cl)ccc2OC)cc1OC. The fourth-order valence-corrected chi connectivity index (χ4v) is 5.74. The second-order valence-electron chi connectivity index (χ2n) is 9.55. The summed E-state index contributed by atoms with van der Waals surface area (Å²) in [5.41, 5.74) is 3.35. The Kier molecular flexibility index (Phi) is 11.6. The van der Waals surface area contributed by atoms with Gasteiger partial charge in [-0.15, -0.1) is 0 Å². The van der Waals surface area contributed by atoms with E-state index < -0.39 is 34.2 Å². The third kappa shape index (κ3) is 9.11. The first-order chi connectivity index (χ1) is 22.5. The predicted molar refractivity (Wildman–Crippen MR) is 175 cm³/mol. The van der Waals surface area contributed by atoms with Gasteiger partial charge < -0.3 is 24.3 Å². The van der Waals surface area contributed by atoms with Crippen molar-refractivity contribution in [2.24, 2.45) is 5.10 Å². The number of hydrogen-bond donors (Lipinski definition) is 2. The molecule has 246 valence electrons. The number of hydrogen-bond acceptors (Lipinski definition) is 9. The van der Waals surface area contributed by atoms with Crippen molar-refractivity contribution in [1.29, 1.82) is 0 Å². The normalized spacial score (nSPS) is 11.1. The van der Waals surface area contributed by atoms with Crippen LogP contribution < -0.4 is 34.0 Å². The van der Waals surface area contributed by atoms with Gasteiger partial charge in [-0.3, -0.25) is 13.9 Å². The number of rotatable bonds is 14. The van der Waals surface area contributed by atoms with Crippen LogP contribution in [0, 0.1) is 5.82 Å². The van der Waals surface area contributed by atoms with Crippen molar-refractivity contribution in [3.63, 3.8) is 0 Å². The predicted octanol–water partition coefficient (Wildman–Crippen LogP) is 4.87. The number of methoxy groups -OCH3 is 3. The monoisotopic (exact) mass is 684 g/mol. The average molecular weight is 685 g/mol. The molecule has 0 saturated carbocycles. The molecule has 0 aromatic heterocycles. The van der Waals surface area contributed by atoms with Crippen molar-refractivity contribution in [2.75, 3.05) is 44.1 Å². The minimum atomic E-state index is -4.38.